The first-order chi connectivity index (χ1) is 11.6. The number of carbonyl (C=O) groups excluding carboxylic acids is 1. The van der Waals surface area contributed by atoms with Crippen molar-refractivity contribution in [1.82, 2.24) is 4.31 Å². The number of nitrogens with zero attached hydrogens (tertiary/aromatic N) is 1. The zero-order chi connectivity index (χ0) is 17.0. The summed E-state index contributed by atoms with van der Waals surface area (Å²) in [6, 6.07) is 17.2. The highest BCUT2D eigenvalue weighted by Crippen LogP contribution is 2.30. The fourth-order valence-electron chi connectivity index (χ4n) is 2.79. The summed E-state index contributed by atoms with van der Waals surface area (Å²) in [7, 11) is -3.82. The predicted octanol–water partition coefficient (Wildman–Crippen LogP) is 2.27. The van der Waals surface area contributed by atoms with Gasteiger partial charge in [0.2, 0.25) is 10.0 Å². The highest BCUT2D eigenvalue weighted by atomic mass is 32.2. The molecule has 3 rings (SSSR count). The normalized spacial score (nSPS) is 17.3. The van der Waals surface area contributed by atoms with E-state index in [0.717, 1.165) is 0 Å². The van der Waals surface area contributed by atoms with Gasteiger partial charge in [-0.1, -0.05) is 60.7 Å². The highest BCUT2D eigenvalue weighted by molar-refractivity contribution is 7.90. The van der Waals surface area contributed by atoms with E-state index in [1.165, 1.54) is 4.31 Å². The first-order valence-corrected chi connectivity index (χ1v) is 9.32. The third-order valence-electron chi connectivity index (χ3n) is 4.03. The van der Waals surface area contributed by atoms with E-state index in [-0.39, 0.29) is 13.1 Å². The van der Waals surface area contributed by atoms with Crippen LogP contribution in [-0.4, -0.2) is 44.8 Å². The molecule has 2 aromatic rings. The number of morpholine rings is 1. The van der Waals surface area contributed by atoms with Gasteiger partial charge in [0, 0.05) is 18.7 Å². The van der Waals surface area contributed by atoms with E-state index >= 15 is 0 Å². The Bertz CT molecular complexity index is 784. The molecule has 1 aliphatic rings. The average Bonchev–Trinajstić information content (AvgIpc) is 2.64. The molecule has 0 bridgehead atoms. The third kappa shape index (κ3) is 3.40. The van der Waals surface area contributed by atoms with E-state index in [4.69, 9.17) is 4.74 Å². The minimum absolute atomic E-state index is 0.272. The minimum Gasteiger partial charge on any atom is -0.379 e. The summed E-state index contributed by atoms with van der Waals surface area (Å²) in [6.45, 7) is 1.24. The Kier molecular flexibility index (Phi) is 5.08. The first kappa shape index (κ1) is 16.8. The molecule has 126 valence electrons. The van der Waals surface area contributed by atoms with Crippen LogP contribution < -0.4 is 0 Å². The summed E-state index contributed by atoms with van der Waals surface area (Å²) in [5, 5.41) is -1.24. The Labute approximate surface area is 141 Å². The number of Topliss-reactive ketones (excluding diaryl/α,β-unsaturated/α-hetero) is 1. The van der Waals surface area contributed by atoms with E-state index in [9.17, 15) is 13.2 Å². The van der Waals surface area contributed by atoms with Gasteiger partial charge in [-0.15, -0.1) is 0 Å². The van der Waals surface area contributed by atoms with Crippen molar-refractivity contribution in [3.05, 3.63) is 71.8 Å². The third-order valence-corrected chi connectivity index (χ3v) is 6.19. The monoisotopic (exact) mass is 345 g/mol. The van der Waals surface area contributed by atoms with Crippen LogP contribution in [0.4, 0.5) is 0 Å². The molecule has 5 nitrogen and oxygen atoms in total. The summed E-state index contributed by atoms with van der Waals surface area (Å²) in [4.78, 5) is 13.0. The van der Waals surface area contributed by atoms with Gasteiger partial charge in [-0.3, -0.25) is 4.79 Å². The zero-order valence-electron chi connectivity index (χ0n) is 13.2. The molecule has 0 saturated carbocycles. The summed E-state index contributed by atoms with van der Waals surface area (Å²) < 4.78 is 32.9. The zero-order valence-corrected chi connectivity index (χ0v) is 14.0. The van der Waals surface area contributed by atoms with Crippen molar-refractivity contribution in [2.45, 2.75) is 5.25 Å². The van der Waals surface area contributed by atoms with Crippen molar-refractivity contribution in [3.8, 4) is 0 Å². The van der Waals surface area contributed by atoms with E-state index in [0.29, 0.717) is 24.3 Å². The molecule has 1 atom stereocenters. The van der Waals surface area contributed by atoms with Crippen molar-refractivity contribution < 1.29 is 17.9 Å². The molecule has 24 heavy (non-hydrogen) atoms. The smallest absolute Gasteiger partial charge is 0.228 e. The molecule has 0 amide bonds. The van der Waals surface area contributed by atoms with Crippen molar-refractivity contribution in [2.24, 2.45) is 0 Å². The summed E-state index contributed by atoms with van der Waals surface area (Å²) in [5.41, 5.74) is 0.876. The van der Waals surface area contributed by atoms with Gasteiger partial charge in [0.1, 0.15) is 0 Å². The van der Waals surface area contributed by atoms with Crippen LogP contribution in [0.5, 0.6) is 0 Å². The van der Waals surface area contributed by atoms with Crippen molar-refractivity contribution in [2.75, 3.05) is 26.3 Å². The van der Waals surface area contributed by atoms with Crippen LogP contribution in [0.25, 0.3) is 0 Å². The van der Waals surface area contributed by atoms with Crippen LogP contribution in [0.3, 0.4) is 0 Å². The molecule has 0 spiro atoms. The Morgan fingerprint density at radius 1 is 0.917 bits per heavy atom. The quantitative estimate of drug-likeness (QED) is 0.780. The fourth-order valence-corrected chi connectivity index (χ4v) is 4.65. The van der Waals surface area contributed by atoms with Crippen molar-refractivity contribution >= 4 is 15.8 Å². The minimum atomic E-state index is -3.82. The van der Waals surface area contributed by atoms with E-state index < -0.39 is 21.1 Å². The molecule has 0 N–H and O–H groups in total. The lowest BCUT2D eigenvalue weighted by molar-refractivity contribution is 0.0720. The number of benzene rings is 2. The molecule has 1 saturated heterocycles. The van der Waals surface area contributed by atoms with Crippen LogP contribution in [-0.2, 0) is 14.8 Å². The number of ketones is 1. The van der Waals surface area contributed by atoms with Crippen LogP contribution >= 0.6 is 0 Å². The predicted molar refractivity (Wildman–Crippen MR) is 91.3 cm³/mol. The summed E-state index contributed by atoms with van der Waals surface area (Å²) in [5.74, 6) is -0.409. The Morgan fingerprint density at radius 2 is 1.46 bits per heavy atom. The van der Waals surface area contributed by atoms with E-state index in [2.05, 4.69) is 0 Å². The van der Waals surface area contributed by atoms with Gasteiger partial charge in [-0.25, -0.2) is 8.42 Å². The molecule has 2 aromatic carbocycles. The van der Waals surface area contributed by atoms with Gasteiger partial charge in [0.25, 0.3) is 0 Å². The Hall–Kier alpha value is -2.02. The number of rotatable bonds is 5. The second kappa shape index (κ2) is 7.25. The lowest BCUT2D eigenvalue weighted by atomic mass is 10.0. The van der Waals surface area contributed by atoms with Gasteiger partial charge >= 0.3 is 0 Å². The van der Waals surface area contributed by atoms with Gasteiger partial charge in [-0.05, 0) is 5.56 Å². The van der Waals surface area contributed by atoms with Gasteiger partial charge in [0.15, 0.2) is 11.0 Å². The first-order valence-electron chi connectivity index (χ1n) is 7.81. The van der Waals surface area contributed by atoms with Gasteiger partial charge in [-0.2, -0.15) is 4.31 Å². The number of hydrogen-bond donors (Lipinski definition) is 0. The molecule has 0 radical (unpaired) electrons. The molecule has 1 heterocycles. The topological polar surface area (TPSA) is 63.7 Å². The SMILES string of the molecule is O=C(c1ccccc1)[C@@H](c1ccccc1)S(=O)(=O)N1CCOCC1. The highest BCUT2D eigenvalue weighted by Gasteiger charge is 2.39. The van der Waals surface area contributed by atoms with Crippen LogP contribution in [0.15, 0.2) is 60.7 Å². The molecule has 1 aliphatic heterocycles. The second-order valence-electron chi connectivity index (χ2n) is 5.58. The lowest BCUT2D eigenvalue weighted by Gasteiger charge is -2.30. The molecule has 1 fully saturated rings. The largest absolute Gasteiger partial charge is 0.379 e. The Morgan fingerprint density at radius 3 is 2.04 bits per heavy atom. The average molecular weight is 345 g/mol. The van der Waals surface area contributed by atoms with Crippen LogP contribution in [0.2, 0.25) is 0 Å². The van der Waals surface area contributed by atoms with Gasteiger partial charge < -0.3 is 4.74 Å². The van der Waals surface area contributed by atoms with Crippen molar-refractivity contribution in [3.63, 3.8) is 0 Å². The Balaban J connectivity index is 2.04. The van der Waals surface area contributed by atoms with Gasteiger partial charge in [0.05, 0.1) is 13.2 Å². The molecular formula is C18H19NO4S. The fraction of sp³-hybridized carbons (Fsp3) is 0.278. The van der Waals surface area contributed by atoms with Crippen LogP contribution in [0.1, 0.15) is 21.2 Å². The molecule has 0 unspecified atom stereocenters. The van der Waals surface area contributed by atoms with Crippen molar-refractivity contribution in [1.29, 1.82) is 0 Å². The van der Waals surface area contributed by atoms with Crippen LogP contribution in [0, 0.1) is 0 Å². The number of hydrogen-bond acceptors (Lipinski definition) is 4. The molecular weight excluding hydrogens is 326 g/mol. The maximum atomic E-state index is 13.2. The van der Waals surface area contributed by atoms with E-state index in [1.54, 1.807) is 60.7 Å². The summed E-state index contributed by atoms with van der Waals surface area (Å²) >= 11 is 0. The molecule has 6 heteroatoms. The maximum absolute atomic E-state index is 13.2. The summed E-state index contributed by atoms with van der Waals surface area (Å²) in [6.07, 6.45) is 0. The van der Waals surface area contributed by atoms with E-state index in [1.807, 2.05) is 0 Å². The number of carbonyl (C=O) groups is 1. The molecule has 0 aromatic heterocycles. The number of sulfonamides is 1. The standard InChI is InChI=1S/C18H19NO4S/c20-17(15-7-3-1-4-8-15)18(16-9-5-2-6-10-16)24(21,22)19-11-13-23-14-12-19/h1-10,18H,11-14H2/t18-/m1/s1. The molecule has 0 aliphatic carbocycles. The lowest BCUT2D eigenvalue weighted by Crippen LogP contribution is -2.44. The second-order valence-corrected chi connectivity index (χ2v) is 7.60. The maximum Gasteiger partial charge on any atom is 0.228 e. The number of ether oxygens (including phenoxy) is 1.